The molecule has 0 radical (unpaired) electrons. The van der Waals surface area contributed by atoms with Crippen molar-refractivity contribution >= 4 is 27.6 Å². The lowest BCUT2D eigenvalue weighted by atomic mass is 10.1. The van der Waals surface area contributed by atoms with Crippen LogP contribution in [-0.4, -0.2) is 10.5 Å². The van der Waals surface area contributed by atoms with E-state index in [1.807, 2.05) is 0 Å². The van der Waals surface area contributed by atoms with Crippen molar-refractivity contribution in [3.63, 3.8) is 0 Å². The van der Waals surface area contributed by atoms with E-state index in [0.29, 0.717) is 16.3 Å². The molecule has 0 atom stereocenters. The molecule has 1 amide bonds. The fourth-order valence-electron chi connectivity index (χ4n) is 2.48. The van der Waals surface area contributed by atoms with Crippen molar-refractivity contribution in [2.24, 2.45) is 5.73 Å². The maximum absolute atomic E-state index is 12.6. The van der Waals surface area contributed by atoms with Gasteiger partial charge in [-0.3, -0.25) is 19.0 Å². The molecular formula is C16H12N2O3. The second kappa shape index (κ2) is 4.86. The summed E-state index contributed by atoms with van der Waals surface area (Å²) in [5.41, 5.74) is 5.00. The lowest BCUT2D eigenvalue weighted by molar-refractivity contribution is -0.118. The average molecular weight is 280 g/mol. The highest BCUT2D eigenvalue weighted by atomic mass is 16.2. The van der Waals surface area contributed by atoms with Crippen molar-refractivity contribution in [3.05, 3.63) is 69.1 Å². The fraction of sp³-hybridized carbons (Fsp3) is 0.0625. The minimum Gasteiger partial charge on any atom is -0.368 e. The van der Waals surface area contributed by atoms with Crippen LogP contribution in [0, 0.1) is 0 Å². The van der Waals surface area contributed by atoms with E-state index in [1.165, 1.54) is 4.57 Å². The van der Waals surface area contributed by atoms with Crippen LogP contribution >= 0.6 is 0 Å². The molecule has 1 heterocycles. The van der Waals surface area contributed by atoms with Crippen LogP contribution in [0.25, 0.3) is 21.7 Å². The number of hydrogen-bond donors (Lipinski definition) is 1. The van der Waals surface area contributed by atoms with Gasteiger partial charge in [-0.05, 0) is 18.2 Å². The van der Waals surface area contributed by atoms with Gasteiger partial charge in [0.2, 0.25) is 5.91 Å². The summed E-state index contributed by atoms with van der Waals surface area (Å²) in [7, 11) is 0. The molecule has 3 rings (SSSR count). The molecule has 0 unspecified atom stereocenters. The van der Waals surface area contributed by atoms with E-state index in [2.05, 4.69) is 0 Å². The zero-order valence-corrected chi connectivity index (χ0v) is 11.1. The third kappa shape index (κ3) is 2.08. The number of para-hydroxylation sites is 1. The third-order valence-corrected chi connectivity index (χ3v) is 3.40. The van der Waals surface area contributed by atoms with Gasteiger partial charge >= 0.3 is 0 Å². The summed E-state index contributed by atoms with van der Waals surface area (Å²) in [6.07, 6.45) is 0. The molecule has 2 N–H and O–H groups in total. The molecule has 0 aliphatic carbocycles. The first-order valence-corrected chi connectivity index (χ1v) is 6.42. The molecule has 5 nitrogen and oxygen atoms in total. The number of carbonyl (C=O) groups excluding carboxylic acids is 1. The molecule has 21 heavy (non-hydrogen) atoms. The van der Waals surface area contributed by atoms with Crippen molar-refractivity contribution in [1.29, 1.82) is 0 Å². The van der Waals surface area contributed by atoms with Gasteiger partial charge in [0.25, 0.3) is 5.56 Å². The molecular weight excluding hydrogens is 268 g/mol. The SMILES string of the molecule is NC(=O)Cn1c(=O)c2ccccc2c(=O)c2ccccc21. The van der Waals surface area contributed by atoms with Gasteiger partial charge in [-0.15, -0.1) is 0 Å². The summed E-state index contributed by atoms with van der Waals surface area (Å²) < 4.78 is 1.25. The normalized spacial score (nSPS) is 10.9. The topological polar surface area (TPSA) is 82.2 Å². The Morgan fingerprint density at radius 2 is 1.48 bits per heavy atom. The Morgan fingerprint density at radius 1 is 0.905 bits per heavy atom. The van der Waals surface area contributed by atoms with Crippen molar-refractivity contribution in [2.45, 2.75) is 6.54 Å². The Labute approximate surface area is 119 Å². The highest BCUT2D eigenvalue weighted by Gasteiger charge is 2.11. The van der Waals surface area contributed by atoms with Gasteiger partial charge in [-0.1, -0.05) is 30.3 Å². The molecule has 1 aromatic heterocycles. The molecule has 2 aromatic carbocycles. The Kier molecular flexibility index (Phi) is 3.02. The van der Waals surface area contributed by atoms with E-state index in [1.54, 1.807) is 48.5 Å². The highest BCUT2D eigenvalue weighted by molar-refractivity contribution is 5.91. The third-order valence-electron chi connectivity index (χ3n) is 3.40. The molecule has 0 aliphatic heterocycles. The van der Waals surface area contributed by atoms with Gasteiger partial charge in [-0.2, -0.15) is 0 Å². The molecule has 0 saturated heterocycles. The highest BCUT2D eigenvalue weighted by Crippen LogP contribution is 2.12. The Balaban J connectivity index is 2.69. The van der Waals surface area contributed by atoms with E-state index in [-0.39, 0.29) is 17.4 Å². The summed E-state index contributed by atoms with van der Waals surface area (Å²) in [6.45, 7) is -0.266. The van der Waals surface area contributed by atoms with Crippen LogP contribution in [0.2, 0.25) is 0 Å². The Hall–Kier alpha value is -2.95. The van der Waals surface area contributed by atoms with Crippen LogP contribution in [0.1, 0.15) is 0 Å². The largest absolute Gasteiger partial charge is 0.368 e. The van der Waals surface area contributed by atoms with Gasteiger partial charge < -0.3 is 5.73 Å². The number of primary amides is 1. The summed E-state index contributed by atoms with van der Waals surface area (Å²) >= 11 is 0. The van der Waals surface area contributed by atoms with E-state index in [9.17, 15) is 14.4 Å². The number of carbonyl (C=O) groups is 1. The fourth-order valence-corrected chi connectivity index (χ4v) is 2.48. The van der Waals surface area contributed by atoms with Crippen LogP contribution in [0.5, 0.6) is 0 Å². The van der Waals surface area contributed by atoms with Crippen LogP contribution in [0.4, 0.5) is 0 Å². The number of rotatable bonds is 2. The summed E-state index contributed by atoms with van der Waals surface area (Å²) in [6, 6.07) is 13.3. The molecule has 0 aliphatic rings. The predicted molar refractivity (Wildman–Crippen MR) is 81.2 cm³/mol. The Morgan fingerprint density at radius 3 is 2.14 bits per heavy atom. The summed E-state index contributed by atoms with van der Waals surface area (Å²) in [5.74, 6) is -0.634. The van der Waals surface area contributed by atoms with Crippen LogP contribution in [-0.2, 0) is 11.3 Å². The predicted octanol–water partition coefficient (Wildman–Crippen LogP) is 1.00. The van der Waals surface area contributed by atoms with Gasteiger partial charge in [-0.25, -0.2) is 0 Å². The number of benzene rings is 2. The number of aromatic nitrogens is 1. The smallest absolute Gasteiger partial charge is 0.259 e. The second-order valence-corrected chi connectivity index (χ2v) is 4.75. The standard InChI is InChI=1S/C16H12N2O3/c17-14(19)9-18-13-8-4-3-7-12(13)15(20)10-5-1-2-6-11(10)16(18)21/h1-8H,9H2,(H2,17,19). The quantitative estimate of drug-likeness (QED) is 0.760. The van der Waals surface area contributed by atoms with E-state index in [4.69, 9.17) is 5.73 Å². The molecule has 3 aromatic rings. The molecule has 5 heteroatoms. The van der Waals surface area contributed by atoms with Gasteiger partial charge in [0, 0.05) is 10.8 Å². The lowest BCUT2D eigenvalue weighted by Gasteiger charge is -2.03. The van der Waals surface area contributed by atoms with E-state index >= 15 is 0 Å². The summed E-state index contributed by atoms with van der Waals surface area (Å²) in [4.78, 5) is 36.5. The number of hydrogen-bond acceptors (Lipinski definition) is 3. The molecule has 0 saturated carbocycles. The minimum atomic E-state index is -0.634. The number of fused-ring (bicyclic) bond motifs is 2. The lowest BCUT2D eigenvalue weighted by Crippen LogP contribution is -2.27. The van der Waals surface area contributed by atoms with Gasteiger partial charge in [0.05, 0.1) is 10.9 Å². The monoisotopic (exact) mass is 280 g/mol. The number of nitrogens with zero attached hydrogens (tertiary/aromatic N) is 1. The molecule has 0 bridgehead atoms. The first kappa shape index (κ1) is 13.1. The van der Waals surface area contributed by atoms with Crippen LogP contribution < -0.4 is 16.7 Å². The molecule has 0 spiro atoms. The zero-order chi connectivity index (χ0) is 15.0. The van der Waals surface area contributed by atoms with Crippen LogP contribution in [0.3, 0.4) is 0 Å². The first-order valence-electron chi connectivity index (χ1n) is 6.42. The van der Waals surface area contributed by atoms with Gasteiger partial charge in [0.15, 0.2) is 5.43 Å². The second-order valence-electron chi connectivity index (χ2n) is 4.75. The minimum absolute atomic E-state index is 0.235. The van der Waals surface area contributed by atoms with Crippen molar-refractivity contribution in [3.8, 4) is 0 Å². The van der Waals surface area contributed by atoms with E-state index in [0.717, 1.165) is 0 Å². The van der Waals surface area contributed by atoms with Crippen molar-refractivity contribution < 1.29 is 4.79 Å². The zero-order valence-electron chi connectivity index (χ0n) is 11.1. The molecule has 104 valence electrons. The van der Waals surface area contributed by atoms with Crippen molar-refractivity contribution in [2.75, 3.05) is 0 Å². The molecule has 0 fully saturated rings. The van der Waals surface area contributed by atoms with Crippen LogP contribution in [0.15, 0.2) is 58.1 Å². The maximum Gasteiger partial charge on any atom is 0.259 e. The van der Waals surface area contributed by atoms with Gasteiger partial charge in [0.1, 0.15) is 6.54 Å². The average Bonchev–Trinajstić information content (AvgIpc) is 2.58. The first-order chi connectivity index (χ1) is 10.1. The summed E-state index contributed by atoms with van der Waals surface area (Å²) in [5, 5.41) is 0.999. The Bertz CT molecular complexity index is 990. The van der Waals surface area contributed by atoms with Crippen molar-refractivity contribution in [1.82, 2.24) is 4.57 Å². The number of amides is 1. The van der Waals surface area contributed by atoms with E-state index < -0.39 is 11.5 Å². The maximum atomic E-state index is 12.6. The number of nitrogens with two attached hydrogens (primary N) is 1.